The molecule has 0 spiro atoms. The topological polar surface area (TPSA) is 108 Å². The van der Waals surface area contributed by atoms with E-state index in [-0.39, 0.29) is 17.3 Å². The van der Waals surface area contributed by atoms with Gasteiger partial charge in [-0.2, -0.15) is 13.1 Å². The molecular weight excluding hydrogens is 246 g/mol. The highest BCUT2D eigenvalue weighted by molar-refractivity contribution is 7.90. The van der Waals surface area contributed by atoms with Crippen LogP contribution in [0.25, 0.3) is 0 Å². The second kappa shape index (κ2) is 5.11. The fourth-order valence-corrected chi connectivity index (χ4v) is 2.21. The van der Waals surface area contributed by atoms with Crippen molar-refractivity contribution in [2.24, 2.45) is 0 Å². The minimum Gasteiger partial charge on any atom is -0.478 e. The Morgan fingerprint density at radius 3 is 2.59 bits per heavy atom. The first-order chi connectivity index (χ1) is 7.80. The van der Waals surface area contributed by atoms with E-state index >= 15 is 0 Å². The third-order valence-electron chi connectivity index (χ3n) is 1.63. The number of hydrogen-bond donors (Lipinski definition) is 3. The number of carboxylic acid groups (broad SMARTS) is 1. The van der Waals surface area contributed by atoms with Crippen molar-refractivity contribution in [2.45, 2.75) is 19.9 Å². The van der Waals surface area contributed by atoms with Gasteiger partial charge in [-0.05, 0) is 19.9 Å². The van der Waals surface area contributed by atoms with Gasteiger partial charge in [0.1, 0.15) is 0 Å². The Morgan fingerprint density at radius 1 is 1.41 bits per heavy atom. The molecule has 1 rings (SSSR count). The Hall–Kier alpha value is -1.67. The van der Waals surface area contributed by atoms with Gasteiger partial charge in [0.2, 0.25) is 0 Å². The Kier molecular flexibility index (Phi) is 4.02. The molecule has 0 bridgehead atoms. The summed E-state index contributed by atoms with van der Waals surface area (Å²) in [6.07, 6.45) is 2.36. The van der Waals surface area contributed by atoms with Crippen molar-refractivity contribution in [1.82, 2.24) is 9.71 Å². The van der Waals surface area contributed by atoms with E-state index in [1.165, 1.54) is 12.3 Å². The number of rotatable bonds is 5. The van der Waals surface area contributed by atoms with Crippen LogP contribution in [0.5, 0.6) is 0 Å². The molecule has 1 aromatic rings. The summed E-state index contributed by atoms with van der Waals surface area (Å²) in [7, 11) is -3.71. The largest absolute Gasteiger partial charge is 0.478 e. The number of nitrogens with zero attached hydrogens (tertiary/aromatic N) is 1. The van der Waals surface area contributed by atoms with Gasteiger partial charge in [0, 0.05) is 12.2 Å². The van der Waals surface area contributed by atoms with Crippen molar-refractivity contribution in [3.8, 4) is 0 Å². The average molecular weight is 259 g/mol. The first-order valence-electron chi connectivity index (χ1n) is 4.78. The maximum absolute atomic E-state index is 11.5. The fraction of sp³-hybridized carbons (Fsp3) is 0.333. The first kappa shape index (κ1) is 13.4. The van der Waals surface area contributed by atoms with E-state index in [1.807, 2.05) is 0 Å². The van der Waals surface area contributed by atoms with Crippen LogP contribution in [0.2, 0.25) is 0 Å². The monoisotopic (exact) mass is 259 g/mol. The van der Waals surface area contributed by atoms with Crippen LogP contribution in [0.15, 0.2) is 18.5 Å². The van der Waals surface area contributed by atoms with Gasteiger partial charge >= 0.3 is 5.97 Å². The lowest BCUT2D eigenvalue weighted by Gasteiger charge is -2.11. The second-order valence-electron chi connectivity index (χ2n) is 3.65. The van der Waals surface area contributed by atoms with Gasteiger partial charge < -0.3 is 5.11 Å². The molecule has 0 radical (unpaired) electrons. The fourth-order valence-electron chi connectivity index (χ4n) is 1.11. The van der Waals surface area contributed by atoms with Crippen molar-refractivity contribution >= 4 is 21.9 Å². The molecular formula is C9H13N3O4S. The zero-order valence-corrected chi connectivity index (χ0v) is 10.2. The molecule has 0 amide bonds. The zero-order chi connectivity index (χ0) is 13.1. The Bertz CT molecular complexity index is 513. The summed E-state index contributed by atoms with van der Waals surface area (Å²) in [5, 5.41) is 8.72. The van der Waals surface area contributed by atoms with Crippen LogP contribution in [0, 0.1) is 0 Å². The van der Waals surface area contributed by atoms with Crippen LogP contribution in [0.3, 0.4) is 0 Å². The van der Waals surface area contributed by atoms with Crippen LogP contribution < -0.4 is 9.44 Å². The molecule has 8 heteroatoms. The number of nitrogens with one attached hydrogen (secondary N) is 2. The molecule has 1 aromatic heterocycles. The molecule has 17 heavy (non-hydrogen) atoms. The number of pyridine rings is 1. The Balaban J connectivity index is 2.89. The summed E-state index contributed by atoms with van der Waals surface area (Å²) in [5.74, 6) is -1.17. The highest BCUT2D eigenvalue weighted by Crippen LogP contribution is 2.09. The molecule has 7 nitrogen and oxygen atoms in total. The van der Waals surface area contributed by atoms with Crippen LogP contribution in [0.4, 0.5) is 5.69 Å². The number of carboxylic acids is 1. The average Bonchev–Trinajstić information content (AvgIpc) is 2.14. The molecule has 0 aliphatic carbocycles. The normalized spacial score (nSPS) is 11.5. The molecule has 0 saturated carbocycles. The van der Waals surface area contributed by atoms with Crippen molar-refractivity contribution in [3.63, 3.8) is 0 Å². The molecule has 0 fully saturated rings. The van der Waals surface area contributed by atoms with E-state index in [4.69, 9.17) is 5.11 Å². The highest BCUT2D eigenvalue weighted by atomic mass is 32.2. The van der Waals surface area contributed by atoms with Gasteiger partial charge in [0.25, 0.3) is 10.2 Å². The molecule has 0 saturated heterocycles. The molecule has 3 N–H and O–H groups in total. The van der Waals surface area contributed by atoms with Crippen LogP contribution in [0.1, 0.15) is 24.2 Å². The van der Waals surface area contributed by atoms with Crippen LogP contribution in [-0.4, -0.2) is 30.5 Å². The third-order valence-corrected chi connectivity index (χ3v) is 2.91. The summed E-state index contributed by atoms with van der Waals surface area (Å²) < 4.78 is 27.5. The first-order valence-corrected chi connectivity index (χ1v) is 6.27. The molecule has 0 unspecified atom stereocenters. The number of hydrogen-bond acceptors (Lipinski definition) is 4. The second-order valence-corrected chi connectivity index (χ2v) is 5.09. The Labute approximate surface area is 99.1 Å². The zero-order valence-electron chi connectivity index (χ0n) is 9.34. The maximum Gasteiger partial charge on any atom is 0.337 e. The van der Waals surface area contributed by atoms with E-state index in [0.29, 0.717) is 0 Å². The summed E-state index contributed by atoms with van der Waals surface area (Å²) in [5.41, 5.74) is 0.00722. The Morgan fingerprint density at radius 2 is 2.06 bits per heavy atom. The lowest BCUT2D eigenvalue weighted by Crippen LogP contribution is -2.35. The van der Waals surface area contributed by atoms with Crippen LogP contribution >= 0.6 is 0 Å². The summed E-state index contributed by atoms with van der Waals surface area (Å²) in [4.78, 5) is 14.3. The summed E-state index contributed by atoms with van der Waals surface area (Å²) >= 11 is 0. The van der Waals surface area contributed by atoms with Crippen molar-refractivity contribution in [3.05, 3.63) is 24.0 Å². The lowest BCUT2D eigenvalue weighted by molar-refractivity contribution is 0.0696. The summed E-state index contributed by atoms with van der Waals surface area (Å²) in [6, 6.07) is 0.928. The quantitative estimate of drug-likeness (QED) is 0.710. The van der Waals surface area contributed by atoms with Gasteiger partial charge in [-0.3, -0.25) is 9.71 Å². The van der Waals surface area contributed by atoms with Crippen molar-refractivity contribution in [1.29, 1.82) is 0 Å². The van der Waals surface area contributed by atoms with Gasteiger partial charge in [-0.1, -0.05) is 0 Å². The van der Waals surface area contributed by atoms with Gasteiger partial charge in [0.15, 0.2) is 0 Å². The molecule has 0 atom stereocenters. The predicted molar refractivity (Wildman–Crippen MR) is 62.0 cm³/mol. The van der Waals surface area contributed by atoms with Crippen molar-refractivity contribution < 1.29 is 18.3 Å². The number of anilines is 1. The van der Waals surface area contributed by atoms with E-state index in [0.717, 1.165) is 6.20 Å². The number of aromatic carboxylic acids is 1. The molecule has 1 heterocycles. The lowest BCUT2D eigenvalue weighted by atomic mass is 10.3. The summed E-state index contributed by atoms with van der Waals surface area (Å²) in [6.45, 7) is 3.34. The smallest absolute Gasteiger partial charge is 0.337 e. The minimum absolute atomic E-state index is 0.0882. The maximum atomic E-state index is 11.5. The minimum atomic E-state index is -3.71. The number of aromatic nitrogens is 1. The van der Waals surface area contributed by atoms with Gasteiger partial charge in [-0.15, -0.1) is 0 Å². The molecule has 0 aliphatic heterocycles. The SMILES string of the molecule is CC(C)NS(=O)(=O)Nc1cncc(C(=O)O)c1. The van der Waals surface area contributed by atoms with E-state index in [1.54, 1.807) is 13.8 Å². The van der Waals surface area contributed by atoms with E-state index in [2.05, 4.69) is 14.4 Å². The molecule has 94 valence electrons. The van der Waals surface area contributed by atoms with Crippen molar-refractivity contribution in [2.75, 3.05) is 4.72 Å². The van der Waals surface area contributed by atoms with E-state index < -0.39 is 16.2 Å². The van der Waals surface area contributed by atoms with E-state index in [9.17, 15) is 13.2 Å². The highest BCUT2D eigenvalue weighted by Gasteiger charge is 2.12. The van der Waals surface area contributed by atoms with Gasteiger partial charge in [0.05, 0.1) is 17.4 Å². The number of carbonyl (C=O) groups is 1. The standard InChI is InChI=1S/C9H13N3O4S/c1-6(2)11-17(15,16)12-8-3-7(9(13)14)4-10-5-8/h3-6,11-12H,1-2H3,(H,13,14). The third kappa shape index (κ3) is 4.37. The molecule has 0 aliphatic rings. The predicted octanol–water partition coefficient (Wildman–Crippen LogP) is 0.434. The van der Waals surface area contributed by atoms with Crippen LogP contribution in [-0.2, 0) is 10.2 Å². The van der Waals surface area contributed by atoms with Gasteiger partial charge in [-0.25, -0.2) is 4.79 Å². The molecule has 0 aromatic carbocycles.